The van der Waals surface area contributed by atoms with Crippen LogP contribution in [0.4, 0.5) is 0 Å². The van der Waals surface area contributed by atoms with E-state index in [1.165, 1.54) is 51.5 Å². The van der Waals surface area contributed by atoms with Crippen LogP contribution in [0.15, 0.2) is 0 Å². The van der Waals surface area contributed by atoms with Crippen LogP contribution in [-0.2, 0) is 0 Å². The summed E-state index contributed by atoms with van der Waals surface area (Å²) in [5.41, 5.74) is 7.53. The number of hydrogen-bond donors (Lipinski definition) is 1. The molecule has 0 aromatic rings. The predicted octanol–water partition coefficient (Wildman–Crippen LogP) is 3.79. The average molecular weight is 278 g/mol. The highest BCUT2D eigenvalue weighted by atomic mass is 15.3. The maximum absolute atomic E-state index is 6.40. The first-order chi connectivity index (χ1) is 9.25. The van der Waals surface area contributed by atoms with Crippen molar-refractivity contribution < 1.29 is 0 Å². The van der Waals surface area contributed by atoms with Crippen LogP contribution in [0.5, 0.6) is 0 Å². The number of nitrogens with two attached hydrogens (primary N) is 1. The molecule has 0 bridgehead atoms. The van der Waals surface area contributed by atoms with E-state index in [2.05, 4.69) is 32.6 Å². The summed E-state index contributed by atoms with van der Waals surface area (Å²) in [5, 5.41) is 0. The highest BCUT2D eigenvalue weighted by Crippen LogP contribution is 2.54. The van der Waals surface area contributed by atoms with Gasteiger partial charge in [0.15, 0.2) is 0 Å². The summed E-state index contributed by atoms with van der Waals surface area (Å²) in [6.07, 6.45) is 9.66. The summed E-state index contributed by atoms with van der Waals surface area (Å²) in [5.74, 6) is 0.979. The minimum atomic E-state index is 0.273. The van der Waals surface area contributed by atoms with Crippen molar-refractivity contribution >= 4 is 0 Å². The Balaban J connectivity index is 1.86. The fourth-order valence-corrected chi connectivity index (χ4v) is 5.42. The van der Waals surface area contributed by atoms with Gasteiger partial charge >= 0.3 is 0 Å². The van der Waals surface area contributed by atoms with E-state index in [9.17, 15) is 0 Å². The second kappa shape index (κ2) is 4.71. The third-order valence-electron chi connectivity index (χ3n) is 5.70. The molecule has 0 aromatic carbocycles. The quantitative estimate of drug-likeness (QED) is 0.829. The molecule has 0 amide bonds. The summed E-state index contributed by atoms with van der Waals surface area (Å²) >= 11 is 0. The van der Waals surface area contributed by atoms with Gasteiger partial charge in [-0.15, -0.1) is 0 Å². The SMILES string of the molecule is CC1(C)CC(C)(C)CC(CN)(N(CC2CC2)C2CC2)C1. The third-order valence-corrected chi connectivity index (χ3v) is 5.70. The van der Waals surface area contributed by atoms with Crippen molar-refractivity contribution in [3.63, 3.8) is 0 Å². The van der Waals surface area contributed by atoms with Gasteiger partial charge in [0.2, 0.25) is 0 Å². The van der Waals surface area contributed by atoms with Crippen LogP contribution < -0.4 is 5.73 Å². The molecule has 0 spiro atoms. The summed E-state index contributed by atoms with van der Waals surface area (Å²) in [6.45, 7) is 12.0. The molecule has 20 heavy (non-hydrogen) atoms. The van der Waals surface area contributed by atoms with E-state index >= 15 is 0 Å². The minimum Gasteiger partial charge on any atom is -0.329 e. The summed E-state index contributed by atoms with van der Waals surface area (Å²) < 4.78 is 0. The van der Waals surface area contributed by atoms with E-state index in [4.69, 9.17) is 5.73 Å². The van der Waals surface area contributed by atoms with E-state index in [0.29, 0.717) is 10.8 Å². The van der Waals surface area contributed by atoms with E-state index in [1.54, 1.807) is 0 Å². The lowest BCUT2D eigenvalue weighted by molar-refractivity contribution is -0.0499. The number of hydrogen-bond acceptors (Lipinski definition) is 2. The summed E-state index contributed by atoms with van der Waals surface area (Å²) in [7, 11) is 0. The first kappa shape index (κ1) is 14.8. The van der Waals surface area contributed by atoms with Crippen LogP contribution in [0.2, 0.25) is 0 Å². The van der Waals surface area contributed by atoms with Gasteiger partial charge in [0.05, 0.1) is 0 Å². The molecule has 3 saturated carbocycles. The van der Waals surface area contributed by atoms with Crippen molar-refractivity contribution in [1.29, 1.82) is 0 Å². The van der Waals surface area contributed by atoms with Gasteiger partial charge in [-0.3, -0.25) is 4.90 Å². The Morgan fingerprint density at radius 3 is 1.85 bits per heavy atom. The van der Waals surface area contributed by atoms with Gasteiger partial charge in [-0.1, -0.05) is 27.7 Å². The van der Waals surface area contributed by atoms with Crippen molar-refractivity contribution in [3.8, 4) is 0 Å². The third kappa shape index (κ3) is 3.06. The summed E-state index contributed by atoms with van der Waals surface area (Å²) in [4.78, 5) is 2.88. The lowest BCUT2D eigenvalue weighted by Gasteiger charge is -2.56. The maximum atomic E-state index is 6.40. The van der Waals surface area contributed by atoms with Crippen molar-refractivity contribution in [2.24, 2.45) is 22.5 Å². The van der Waals surface area contributed by atoms with Crippen LogP contribution in [0, 0.1) is 16.7 Å². The molecule has 0 heterocycles. The predicted molar refractivity (Wildman–Crippen MR) is 85.7 cm³/mol. The Bertz CT molecular complexity index is 348. The molecule has 0 saturated heterocycles. The van der Waals surface area contributed by atoms with Crippen molar-refractivity contribution in [2.45, 2.75) is 84.2 Å². The lowest BCUT2D eigenvalue weighted by atomic mass is 9.57. The normalized spacial score (nSPS) is 31.5. The maximum Gasteiger partial charge on any atom is 0.0344 e. The van der Waals surface area contributed by atoms with Crippen LogP contribution in [0.25, 0.3) is 0 Å². The van der Waals surface area contributed by atoms with E-state index in [-0.39, 0.29) is 5.54 Å². The number of rotatable bonds is 5. The molecule has 3 aliphatic carbocycles. The van der Waals surface area contributed by atoms with Gasteiger partial charge in [-0.2, -0.15) is 0 Å². The monoisotopic (exact) mass is 278 g/mol. The fourth-order valence-electron chi connectivity index (χ4n) is 5.42. The summed E-state index contributed by atoms with van der Waals surface area (Å²) in [6, 6.07) is 0.851. The molecule has 2 nitrogen and oxygen atoms in total. The molecule has 3 rings (SSSR count). The number of nitrogens with zero attached hydrogens (tertiary/aromatic N) is 1. The molecular weight excluding hydrogens is 244 g/mol. The molecule has 116 valence electrons. The van der Waals surface area contributed by atoms with Gasteiger partial charge < -0.3 is 5.73 Å². The van der Waals surface area contributed by atoms with Crippen molar-refractivity contribution in [2.75, 3.05) is 13.1 Å². The van der Waals surface area contributed by atoms with E-state index < -0.39 is 0 Å². The molecule has 3 fully saturated rings. The first-order valence-corrected chi connectivity index (χ1v) is 8.72. The van der Waals surface area contributed by atoms with Gasteiger partial charge in [-0.05, 0) is 61.7 Å². The Morgan fingerprint density at radius 1 is 0.900 bits per heavy atom. The smallest absolute Gasteiger partial charge is 0.0344 e. The molecule has 2 heteroatoms. The standard InChI is InChI=1S/C18H34N2/c1-16(2)10-17(3,4)12-18(11-16,13-19)20(15-7-8-15)9-14-5-6-14/h14-15H,5-13,19H2,1-4H3. The second-order valence-corrected chi connectivity index (χ2v) is 9.61. The van der Waals surface area contributed by atoms with Crippen LogP contribution in [0.3, 0.4) is 0 Å². The van der Waals surface area contributed by atoms with Crippen molar-refractivity contribution in [1.82, 2.24) is 4.90 Å². The molecular formula is C18H34N2. The Labute approximate surface area is 125 Å². The van der Waals surface area contributed by atoms with Crippen LogP contribution >= 0.6 is 0 Å². The Morgan fingerprint density at radius 2 is 1.45 bits per heavy atom. The second-order valence-electron chi connectivity index (χ2n) is 9.61. The fraction of sp³-hybridized carbons (Fsp3) is 1.00. The first-order valence-electron chi connectivity index (χ1n) is 8.72. The van der Waals surface area contributed by atoms with Crippen LogP contribution in [0.1, 0.15) is 72.6 Å². The Hall–Kier alpha value is -0.0800. The van der Waals surface area contributed by atoms with Gasteiger partial charge in [0, 0.05) is 24.7 Å². The average Bonchev–Trinajstić information content (AvgIpc) is 3.13. The largest absolute Gasteiger partial charge is 0.329 e. The molecule has 0 radical (unpaired) electrons. The van der Waals surface area contributed by atoms with Gasteiger partial charge in [-0.25, -0.2) is 0 Å². The zero-order valence-electron chi connectivity index (χ0n) is 14.0. The van der Waals surface area contributed by atoms with Gasteiger partial charge in [0.25, 0.3) is 0 Å². The zero-order valence-corrected chi connectivity index (χ0v) is 14.0. The molecule has 0 unspecified atom stereocenters. The van der Waals surface area contributed by atoms with E-state index in [1.807, 2.05) is 0 Å². The van der Waals surface area contributed by atoms with Crippen molar-refractivity contribution in [3.05, 3.63) is 0 Å². The molecule has 0 aliphatic heterocycles. The van der Waals surface area contributed by atoms with Crippen LogP contribution in [-0.4, -0.2) is 29.6 Å². The molecule has 3 aliphatic rings. The highest BCUT2D eigenvalue weighted by Gasteiger charge is 2.53. The zero-order chi connectivity index (χ0) is 14.6. The lowest BCUT2D eigenvalue weighted by Crippen LogP contribution is -2.61. The molecule has 2 N–H and O–H groups in total. The minimum absolute atomic E-state index is 0.273. The van der Waals surface area contributed by atoms with Gasteiger partial charge in [0.1, 0.15) is 0 Å². The molecule has 0 atom stereocenters. The Kier molecular flexibility index (Phi) is 3.49. The topological polar surface area (TPSA) is 29.3 Å². The molecule has 0 aromatic heterocycles. The van der Waals surface area contributed by atoms with E-state index in [0.717, 1.165) is 18.5 Å². The highest BCUT2D eigenvalue weighted by molar-refractivity contribution is 5.08.